The Morgan fingerprint density at radius 3 is 2.75 bits per heavy atom. The lowest BCUT2D eigenvalue weighted by atomic mass is 9.97. The Hall–Kier alpha value is -0.340. The third kappa shape index (κ3) is 3.12. The molecule has 1 heterocycles. The average Bonchev–Trinajstić information content (AvgIpc) is 2.32. The Bertz CT molecular complexity index is 634. The van der Waals surface area contributed by atoms with Gasteiger partial charge in [0.15, 0.2) is 0 Å². The first-order valence-corrected chi connectivity index (χ1v) is 8.72. The van der Waals surface area contributed by atoms with Gasteiger partial charge in [0.05, 0.1) is 15.0 Å². The minimum Gasteiger partial charge on any atom is -0.398 e. The van der Waals surface area contributed by atoms with E-state index in [0.29, 0.717) is 23.9 Å². The van der Waals surface area contributed by atoms with Crippen molar-refractivity contribution in [3.05, 3.63) is 21.6 Å². The molecule has 112 valence electrons. The third-order valence-corrected chi connectivity index (χ3v) is 6.52. The van der Waals surface area contributed by atoms with Crippen molar-refractivity contribution in [2.24, 2.45) is 0 Å². The first kappa shape index (κ1) is 16.0. The van der Waals surface area contributed by atoms with Crippen LogP contribution in [0.15, 0.2) is 21.5 Å². The highest BCUT2D eigenvalue weighted by Crippen LogP contribution is 2.35. The van der Waals surface area contributed by atoms with E-state index < -0.39 is 15.6 Å². The lowest BCUT2D eigenvalue weighted by molar-refractivity contribution is 0.00939. The molecular weight excluding hydrogens is 368 g/mol. The molecule has 20 heavy (non-hydrogen) atoms. The molecule has 0 amide bonds. The predicted molar refractivity (Wildman–Crippen MR) is 82.2 cm³/mol. The summed E-state index contributed by atoms with van der Waals surface area (Å²) in [5.41, 5.74) is 4.99. The molecule has 5 nitrogen and oxygen atoms in total. The molecule has 1 saturated heterocycles. The molecule has 1 unspecified atom stereocenters. The smallest absolute Gasteiger partial charge is 0.244 e. The Morgan fingerprint density at radius 1 is 1.50 bits per heavy atom. The summed E-state index contributed by atoms with van der Waals surface area (Å²) in [4.78, 5) is 0.0280. The molecule has 1 aromatic rings. The van der Waals surface area contributed by atoms with Crippen molar-refractivity contribution < 1.29 is 13.5 Å². The van der Waals surface area contributed by atoms with Gasteiger partial charge in [-0.1, -0.05) is 11.6 Å². The van der Waals surface area contributed by atoms with E-state index in [2.05, 4.69) is 15.9 Å². The molecule has 0 aromatic heterocycles. The van der Waals surface area contributed by atoms with Crippen LogP contribution in [0.1, 0.15) is 19.8 Å². The lowest BCUT2D eigenvalue weighted by Crippen LogP contribution is -2.48. The fourth-order valence-corrected chi connectivity index (χ4v) is 5.14. The molecule has 0 radical (unpaired) electrons. The van der Waals surface area contributed by atoms with Crippen LogP contribution in [0.4, 0.5) is 5.69 Å². The van der Waals surface area contributed by atoms with E-state index in [-0.39, 0.29) is 22.2 Å². The van der Waals surface area contributed by atoms with Crippen LogP contribution in [0, 0.1) is 0 Å². The summed E-state index contributed by atoms with van der Waals surface area (Å²) in [6, 6.07) is 2.84. The van der Waals surface area contributed by atoms with Gasteiger partial charge in [0.1, 0.15) is 0 Å². The molecule has 1 aliphatic rings. The molecule has 0 aliphatic carbocycles. The van der Waals surface area contributed by atoms with E-state index in [4.69, 9.17) is 17.3 Å². The van der Waals surface area contributed by atoms with Gasteiger partial charge in [-0.2, -0.15) is 4.31 Å². The van der Waals surface area contributed by atoms with Gasteiger partial charge in [-0.25, -0.2) is 8.42 Å². The summed E-state index contributed by atoms with van der Waals surface area (Å²) in [7, 11) is -3.75. The largest absolute Gasteiger partial charge is 0.398 e. The molecule has 1 aromatic carbocycles. The summed E-state index contributed by atoms with van der Waals surface area (Å²) in [5, 5.41) is 10.3. The number of hydrogen-bond acceptors (Lipinski definition) is 4. The minimum absolute atomic E-state index is 0.0280. The number of hydrogen-bond donors (Lipinski definition) is 2. The summed E-state index contributed by atoms with van der Waals surface area (Å²) >= 11 is 9.08. The number of anilines is 1. The molecule has 0 bridgehead atoms. The predicted octanol–water partition coefficient (Wildman–Crippen LogP) is 2.22. The first-order valence-electron chi connectivity index (χ1n) is 6.10. The normalized spacial score (nSPS) is 24.8. The van der Waals surface area contributed by atoms with Gasteiger partial charge in [0, 0.05) is 23.8 Å². The molecule has 0 spiro atoms. The zero-order chi connectivity index (χ0) is 15.1. The number of β-amino-alcohol motifs (C(OH)–C–C–N with tert-alkyl or cyclic N) is 1. The molecule has 3 N–H and O–H groups in total. The van der Waals surface area contributed by atoms with Gasteiger partial charge in [-0.05, 0) is 47.8 Å². The van der Waals surface area contributed by atoms with E-state index in [9.17, 15) is 13.5 Å². The van der Waals surface area contributed by atoms with Crippen LogP contribution in [-0.2, 0) is 10.0 Å². The number of halogens is 2. The van der Waals surface area contributed by atoms with E-state index in [0.717, 1.165) is 0 Å². The number of sulfonamides is 1. The summed E-state index contributed by atoms with van der Waals surface area (Å²) < 4.78 is 26.9. The van der Waals surface area contributed by atoms with Crippen molar-refractivity contribution in [1.82, 2.24) is 4.31 Å². The number of piperidine rings is 1. The Labute approximate surface area is 131 Å². The third-order valence-electron chi connectivity index (χ3n) is 3.29. The number of aliphatic hydroxyl groups is 1. The maximum absolute atomic E-state index is 12.7. The fraction of sp³-hybridized carbons (Fsp3) is 0.500. The zero-order valence-corrected chi connectivity index (χ0v) is 14.1. The van der Waals surface area contributed by atoms with Crippen LogP contribution in [0.25, 0.3) is 0 Å². The van der Waals surface area contributed by atoms with Crippen molar-refractivity contribution in [1.29, 1.82) is 0 Å². The summed E-state index contributed by atoms with van der Waals surface area (Å²) in [6.45, 7) is 2.07. The van der Waals surface area contributed by atoms with Crippen LogP contribution in [-0.4, -0.2) is 36.5 Å². The van der Waals surface area contributed by atoms with Crippen molar-refractivity contribution >= 4 is 43.2 Å². The molecule has 1 aliphatic heterocycles. The highest BCUT2D eigenvalue weighted by Gasteiger charge is 2.36. The van der Waals surface area contributed by atoms with Gasteiger partial charge in [-0.3, -0.25) is 0 Å². The van der Waals surface area contributed by atoms with Gasteiger partial charge in [0.25, 0.3) is 0 Å². The van der Waals surface area contributed by atoms with Gasteiger partial charge in [0.2, 0.25) is 10.0 Å². The lowest BCUT2D eigenvalue weighted by Gasteiger charge is -2.36. The van der Waals surface area contributed by atoms with Crippen LogP contribution >= 0.6 is 27.5 Å². The van der Waals surface area contributed by atoms with Crippen molar-refractivity contribution in [3.63, 3.8) is 0 Å². The van der Waals surface area contributed by atoms with E-state index >= 15 is 0 Å². The number of nitrogens with two attached hydrogens (primary N) is 1. The topological polar surface area (TPSA) is 83.6 Å². The second kappa shape index (κ2) is 5.46. The van der Waals surface area contributed by atoms with Gasteiger partial charge >= 0.3 is 0 Å². The monoisotopic (exact) mass is 382 g/mol. The molecule has 2 rings (SSSR count). The average molecular weight is 384 g/mol. The van der Waals surface area contributed by atoms with Crippen LogP contribution in [0.5, 0.6) is 0 Å². The van der Waals surface area contributed by atoms with Gasteiger partial charge < -0.3 is 10.8 Å². The minimum atomic E-state index is -3.75. The molecule has 0 saturated carbocycles. The standard InChI is InChI=1S/C12H16BrClN2O3S/c1-12(17)3-2-4-16(7-12)20(18,19)10-6-8(14)5-9(15)11(10)13/h5-6,17H,2-4,7,15H2,1H3. The number of benzene rings is 1. The zero-order valence-electron chi connectivity index (χ0n) is 10.9. The van der Waals surface area contributed by atoms with Crippen LogP contribution < -0.4 is 5.73 Å². The molecule has 1 fully saturated rings. The quantitative estimate of drug-likeness (QED) is 0.767. The van der Waals surface area contributed by atoms with Crippen LogP contribution in [0.2, 0.25) is 5.02 Å². The Balaban J connectivity index is 2.46. The van der Waals surface area contributed by atoms with Crippen molar-refractivity contribution in [2.75, 3.05) is 18.8 Å². The maximum atomic E-state index is 12.7. The Morgan fingerprint density at radius 2 is 2.15 bits per heavy atom. The van der Waals surface area contributed by atoms with Crippen molar-refractivity contribution in [3.8, 4) is 0 Å². The van der Waals surface area contributed by atoms with Crippen molar-refractivity contribution in [2.45, 2.75) is 30.3 Å². The number of nitrogen functional groups attached to an aromatic ring is 1. The summed E-state index contributed by atoms with van der Waals surface area (Å²) in [6.07, 6.45) is 1.19. The second-order valence-corrected chi connectivity index (χ2v) is 8.38. The van der Waals surface area contributed by atoms with Crippen LogP contribution in [0.3, 0.4) is 0 Å². The number of rotatable bonds is 2. The molecule has 8 heteroatoms. The SMILES string of the molecule is CC1(O)CCCN(S(=O)(=O)c2cc(Cl)cc(N)c2Br)C1. The molecule has 1 atom stereocenters. The fourth-order valence-electron chi connectivity index (χ4n) is 2.29. The van der Waals surface area contributed by atoms with E-state index in [1.54, 1.807) is 6.92 Å². The second-order valence-electron chi connectivity index (χ2n) is 5.25. The van der Waals surface area contributed by atoms with E-state index in [1.807, 2.05) is 0 Å². The summed E-state index contributed by atoms with van der Waals surface area (Å²) in [5.74, 6) is 0. The number of nitrogens with zero attached hydrogens (tertiary/aromatic N) is 1. The van der Waals surface area contributed by atoms with E-state index in [1.165, 1.54) is 16.4 Å². The Kier molecular flexibility index (Phi) is 4.37. The highest BCUT2D eigenvalue weighted by molar-refractivity contribution is 9.10. The highest BCUT2D eigenvalue weighted by atomic mass is 79.9. The maximum Gasteiger partial charge on any atom is 0.244 e. The molecular formula is C12H16BrClN2O3S. The first-order chi connectivity index (χ1) is 9.13. The van der Waals surface area contributed by atoms with Gasteiger partial charge in [-0.15, -0.1) is 0 Å².